The Morgan fingerprint density at radius 2 is 2.13 bits per heavy atom. The van der Waals surface area contributed by atoms with Crippen molar-refractivity contribution in [2.45, 2.75) is 32.3 Å². The zero-order valence-electron chi connectivity index (χ0n) is 9.58. The highest BCUT2D eigenvalue weighted by atomic mass is 16.5. The Morgan fingerprint density at radius 3 is 2.67 bits per heavy atom. The molecule has 2 N–H and O–H groups in total. The lowest BCUT2D eigenvalue weighted by Gasteiger charge is -2.40. The van der Waals surface area contributed by atoms with Crippen LogP contribution < -0.4 is 5.73 Å². The average Bonchev–Trinajstić information content (AvgIpc) is 2.97. The van der Waals surface area contributed by atoms with E-state index in [4.69, 9.17) is 10.5 Å². The summed E-state index contributed by atoms with van der Waals surface area (Å²) in [6.45, 7) is 6.44. The smallest absolute Gasteiger partial charge is 0.228 e. The van der Waals surface area contributed by atoms with Crippen molar-refractivity contribution < 1.29 is 9.53 Å². The molecule has 2 aliphatic rings. The summed E-state index contributed by atoms with van der Waals surface area (Å²) < 4.78 is 5.61. The minimum atomic E-state index is -0.348. The molecule has 1 heterocycles. The van der Waals surface area contributed by atoms with Crippen LogP contribution in [0.3, 0.4) is 0 Å². The van der Waals surface area contributed by atoms with Crippen molar-refractivity contribution in [3.63, 3.8) is 0 Å². The Labute approximate surface area is 90.8 Å². The second kappa shape index (κ2) is 3.46. The summed E-state index contributed by atoms with van der Waals surface area (Å²) in [6, 6.07) is 0. The molecule has 1 saturated carbocycles. The number of carbonyl (C=O) groups excluding carboxylic acids is 1. The second-order valence-electron chi connectivity index (χ2n) is 5.29. The number of hydrogen-bond acceptors (Lipinski definition) is 3. The third-order valence-corrected chi connectivity index (χ3v) is 3.57. The van der Waals surface area contributed by atoms with E-state index in [1.165, 1.54) is 0 Å². The Hall–Kier alpha value is -0.610. The highest BCUT2D eigenvalue weighted by molar-refractivity contribution is 5.85. The van der Waals surface area contributed by atoms with Gasteiger partial charge in [-0.05, 0) is 19.8 Å². The monoisotopic (exact) mass is 212 g/mol. The van der Waals surface area contributed by atoms with Crippen LogP contribution in [-0.2, 0) is 9.53 Å². The summed E-state index contributed by atoms with van der Waals surface area (Å²) in [4.78, 5) is 14.0. The van der Waals surface area contributed by atoms with Crippen LogP contribution in [0.1, 0.15) is 26.7 Å². The predicted octanol–water partition coefficient (Wildman–Crippen LogP) is 0.363. The van der Waals surface area contributed by atoms with Gasteiger partial charge in [0.25, 0.3) is 0 Å². The molecule has 0 aromatic rings. The number of amides is 1. The summed E-state index contributed by atoms with van der Waals surface area (Å²) in [7, 11) is 0. The van der Waals surface area contributed by atoms with Crippen LogP contribution in [0.4, 0.5) is 0 Å². The molecule has 86 valence electrons. The van der Waals surface area contributed by atoms with E-state index in [2.05, 4.69) is 0 Å². The number of nitrogens with two attached hydrogens (primary N) is 1. The van der Waals surface area contributed by atoms with Crippen LogP contribution in [0.15, 0.2) is 0 Å². The van der Waals surface area contributed by atoms with Crippen LogP contribution in [0, 0.1) is 5.41 Å². The number of carbonyl (C=O) groups is 1. The molecule has 1 aliphatic carbocycles. The zero-order valence-corrected chi connectivity index (χ0v) is 9.58. The van der Waals surface area contributed by atoms with Crippen molar-refractivity contribution in [3.05, 3.63) is 0 Å². The predicted molar refractivity (Wildman–Crippen MR) is 57.3 cm³/mol. The van der Waals surface area contributed by atoms with Gasteiger partial charge in [0.1, 0.15) is 0 Å². The lowest BCUT2D eigenvalue weighted by atomic mass is 10.0. The average molecular weight is 212 g/mol. The van der Waals surface area contributed by atoms with Crippen molar-refractivity contribution in [3.8, 4) is 0 Å². The van der Waals surface area contributed by atoms with Gasteiger partial charge in [-0.2, -0.15) is 0 Å². The Bertz CT molecular complexity index is 276. The Morgan fingerprint density at radius 1 is 1.47 bits per heavy atom. The van der Waals surface area contributed by atoms with Gasteiger partial charge in [0.05, 0.1) is 18.8 Å². The van der Waals surface area contributed by atoms with E-state index < -0.39 is 0 Å². The molecule has 1 amide bonds. The molecule has 0 aromatic heterocycles. The maximum absolute atomic E-state index is 12.1. The van der Waals surface area contributed by atoms with Gasteiger partial charge in [-0.15, -0.1) is 0 Å². The molecule has 0 spiro atoms. The van der Waals surface area contributed by atoms with Gasteiger partial charge in [-0.25, -0.2) is 0 Å². The van der Waals surface area contributed by atoms with E-state index in [0.717, 1.165) is 12.8 Å². The van der Waals surface area contributed by atoms with E-state index in [0.29, 0.717) is 26.2 Å². The fraction of sp³-hybridized carbons (Fsp3) is 0.909. The number of hydrogen-bond donors (Lipinski definition) is 1. The molecule has 1 unspecified atom stereocenters. The molecule has 1 aliphatic heterocycles. The van der Waals surface area contributed by atoms with Crippen molar-refractivity contribution in [1.29, 1.82) is 0 Å². The van der Waals surface area contributed by atoms with Gasteiger partial charge in [0, 0.05) is 18.5 Å². The summed E-state index contributed by atoms with van der Waals surface area (Å²) in [5.74, 6) is 0.283. The Kier molecular flexibility index (Phi) is 2.51. The standard InChI is InChI=1S/C11H20N2O2/c1-10(3-4-10)9(14)13-5-6-15-11(2,7-12)8-13/h3-8,12H2,1-2H3. The molecule has 1 saturated heterocycles. The molecule has 0 radical (unpaired) electrons. The van der Waals surface area contributed by atoms with Crippen molar-refractivity contribution in [1.82, 2.24) is 4.90 Å². The molecule has 0 aromatic carbocycles. The molecule has 1 atom stereocenters. The van der Waals surface area contributed by atoms with Gasteiger partial charge >= 0.3 is 0 Å². The van der Waals surface area contributed by atoms with E-state index in [1.807, 2.05) is 18.7 Å². The zero-order chi connectivity index (χ0) is 11.1. The third kappa shape index (κ3) is 2.01. The van der Waals surface area contributed by atoms with Crippen LogP contribution in [0.25, 0.3) is 0 Å². The van der Waals surface area contributed by atoms with Crippen LogP contribution in [0.5, 0.6) is 0 Å². The van der Waals surface area contributed by atoms with Gasteiger partial charge < -0.3 is 15.4 Å². The number of morpholine rings is 1. The van der Waals surface area contributed by atoms with Crippen molar-refractivity contribution in [2.24, 2.45) is 11.1 Å². The molecular formula is C11H20N2O2. The summed E-state index contributed by atoms with van der Waals surface area (Å²) in [5, 5.41) is 0. The lowest BCUT2D eigenvalue weighted by molar-refractivity contribution is -0.151. The minimum Gasteiger partial charge on any atom is -0.370 e. The fourth-order valence-electron chi connectivity index (χ4n) is 2.01. The van der Waals surface area contributed by atoms with Crippen molar-refractivity contribution >= 4 is 5.91 Å². The highest BCUT2D eigenvalue weighted by Crippen LogP contribution is 2.46. The summed E-state index contributed by atoms with van der Waals surface area (Å²) in [5.41, 5.74) is 5.24. The maximum atomic E-state index is 12.1. The summed E-state index contributed by atoms with van der Waals surface area (Å²) in [6.07, 6.45) is 2.06. The number of ether oxygens (including phenoxy) is 1. The third-order valence-electron chi connectivity index (χ3n) is 3.57. The largest absolute Gasteiger partial charge is 0.370 e. The number of nitrogens with zero attached hydrogens (tertiary/aromatic N) is 1. The Balaban J connectivity index is 2.01. The lowest BCUT2D eigenvalue weighted by Crippen LogP contribution is -2.56. The normalized spacial score (nSPS) is 33.9. The van der Waals surface area contributed by atoms with E-state index in [9.17, 15) is 4.79 Å². The summed E-state index contributed by atoms with van der Waals surface area (Å²) >= 11 is 0. The van der Waals surface area contributed by atoms with E-state index in [-0.39, 0.29) is 16.9 Å². The van der Waals surface area contributed by atoms with Gasteiger partial charge in [-0.3, -0.25) is 4.79 Å². The second-order valence-corrected chi connectivity index (χ2v) is 5.29. The first-order valence-electron chi connectivity index (χ1n) is 5.63. The first-order valence-corrected chi connectivity index (χ1v) is 5.63. The van der Waals surface area contributed by atoms with Gasteiger partial charge in [-0.1, -0.05) is 6.92 Å². The molecule has 15 heavy (non-hydrogen) atoms. The maximum Gasteiger partial charge on any atom is 0.228 e. The number of rotatable bonds is 2. The minimum absolute atomic E-state index is 0.0765. The van der Waals surface area contributed by atoms with Gasteiger partial charge in [0.15, 0.2) is 0 Å². The molecule has 2 fully saturated rings. The van der Waals surface area contributed by atoms with E-state index in [1.54, 1.807) is 0 Å². The molecule has 2 rings (SSSR count). The van der Waals surface area contributed by atoms with Crippen LogP contribution >= 0.6 is 0 Å². The molecule has 4 nitrogen and oxygen atoms in total. The van der Waals surface area contributed by atoms with Crippen molar-refractivity contribution in [2.75, 3.05) is 26.2 Å². The first kappa shape index (κ1) is 10.9. The quantitative estimate of drug-likeness (QED) is 0.719. The SMILES string of the molecule is CC1(CN)CN(C(=O)C2(C)CC2)CCO1. The molecular weight excluding hydrogens is 192 g/mol. The van der Waals surface area contributed by atoms with E-state index >= 15 is 0 Å². The topological polar surface area (TPSA) is 55.6 Å². The highest BCUT2D eigenvalue weighted by Gasteiger charge is 2.48. The van der Waals surface area contributed by atoms with Gasteiger partial charge in [0.2, 0.25) is 5.91 Å². The first-order chi connectivity index (χ1) is 6.99. The molecule has 4 heteroatoms. The molecule has 0 bridgehead atoms. The van der Waals surface area contributed by atoms with Crippen LogP contribution in [0.2, 0.25) is 0 Å². The van der Waals surface area contributed by atoms with Crippen LogP contribution in [-0.4, -0.2) is 42.6 Å². The fourth-order valence-corrected chi connectivity index (χ4v) is 2.01.